The molecule has 3 N–H and O–H groups in total. The molecule has 1 rings (SSSR count). The van der Waals surface area contributed by atoms with Gasteiger partial charge in [0.2, 0.25) is 11.8 Å². The van der Waals surface area contributed by atoms with Gasteiger partial charge in [0.05, 0.1) is 6.61 Å². The summed E-state index contributed by atoms with van der Waals surface area (Å²) in [5.74, 6) is -2.56. The maximum absolute atomic E-state index is 12.0. The number of aliphatic hydroxyl groups is 1. The predicted octanol–water partition coefficient (Wildman–Crippen LogP) is -0.236. The predicted molar refractivity (Wildman–Crippen MR) is 122 cm³/mol. The first kappa shape index (κ1) is 29.5. The molecule has 2 amide bonds. The molecule has 0 bridgehead atoms. The molecule has 0 aliphatic heterocycles. The van der Waals surface area contributed by atoms with Gasteiger partial charge in [-0.2, -0.15) is 0 Å². The van der Waals surface area contributed by atoms with Crippen LogP contribution in [0.15, 0.2) is 24.3 Å². The zero-order valence-electron chi connectivity index (χ0n) is 20.1. The van der Waals surface area contributed by atoms with E-state index in [0.29, 0.717) is 11.3 Å². The number of carbonyl (C=O) groups excluding carboxylic acids is 5. The van der Waals surface area contributed by atoms with Crippen molar-refractivity contribution in [1.82, 2.24) is 10.6 Å². The molecule has 0 aromatic heterocycles. The van der Waals surface area contributed by atoms with Gasteiger partial charge in [-0.3, -0.25) is 24.0 Å². The van der Waals surface area contributed by atoms with E-state index in [4.69, 9.17) is 18.9 Å². The highest BCUT2D eigenvalue weighted by atomic mass is 16.6. The summed E-state index contributed by atoms with van der Waals surface area (Å²) < 4.78 is 19.8. The Hall–Kier alpha value is -3.51. The molecule has 0 heterocycles. The molecular weight excluding hydrogens is 464 g/mol. The molecule has 35 heavy (non-hydrogen) atoms. The van der Waals surface area contributed by atoms with Gasteiger partial charge in [0.15, 0.2) is 5.78 Å². The Morgan fingerprint density at radius 1 is 0.800 bits per heavy atom. The average molecular weight is 497 g/mol. The summed E-state index contributed by atoms with van der Waals surface area (Å²) in [5.41, 5.74) is -1.14. The molecule has 12 nitrogen and oxygen atoms in total. The number of rotatable bonds is 16. The normalized spacial score (nSPS) is 10.7. The van der Waals surface area contributed by atoms with E-state index in [1.807, 2.05) is 0 Å². The van der Waals surface area contributed by atoms with Crippen molar-refractivity contribution < 1.29 is 48.0 Å². The smallest absolute Gasteiger partial charge is 0.315 e. The van der Waals surface area contributed by atoms with Gasteiger partial charge >= 0.3 is 11.9 Å². The van der Waals surface area contributed by atoms with Crippen molar-refractivity contribution in [2.45, 2.75) is 32.3 Å². The van der Waals surface area contributed by atoms with E-state index in [1.165, 1.54) is 33.1 Å². The van der Waals surface area contributed by atoms with E-state index in [1.54, 1.807) is 12.1 Å². The second-order valence-electron chi connectivity index (χ2n) is 7.75. The van der Waals surface area contributed by atoms with Crippen LogP contribution in [0.1, 0.15) is 37.0 Å². The number of amides is 2. The van der Waals surface area contributed by atoms with Crippen molar-refractivity contribution >= 4 is 29.5 Å². The van der Waals surface area contributed by atoms with Crippen LogP contribution in [0, 0.1) is 0 Å². The topological polar surface area (TPSA) is 167 Å². The van der Waals surface area contributed by atoms with Crippen LogP contribution in [0.4, 0.5) is 0 Å². The second kappa shape index (κ2) is 15.4. The molecule has 194 valence electrons. The van der Waals surface area contributed by atoms with Crippen LogP contribution >= 0.6 is 0 Å². The van der Waals surface area contributed by atoms with Gasteiger partial charge in [-0.05, 0) is 38.1 Å². The summed E-state index contributed by atoms with van der Waals surface area (Å²) in [7, 11) is 1.46. The van der Waals surface area contributed by atoms with E-state index in [0.717, 1.165) is 0 Å². The molecular formula is C23H32N2O10. The van der Waals surface area contributed by atoms with Crippen LogP contribution in [0.25, 0.3) is 0 Å². The Labute approximate surface area is 203 Å². The van der Waals surface area contributed by atoms with Crippen molar-refractivity contribution in [3.63, 3.8) is 0 Å². The molecule has 0 saturated carbocycles. The second-order valence-corrected chi connectivity index (χ2v) is 7.75. The van der Waals surface area contributed by atoms with E-state index in [-0.39, 0.29) is 39.5 Å². The van der Waals surface area contributed by atoms with Crippen LogP contribution in [0.5, 0.6) is 5.75 Å². The number of Topliss-reactive ketones (excluding diaryl/α,β-unsaturated/α-hetero) is 1. The molecule has 0 fully saturated rings. The summed E-state index contributed by atoms with van der Waals surface area (Å²) in [6, 6.07) is 6.14. The zero-order chi connectivity index (χ0) is 26.3. The van der Waals surface area contributed by atoms with Crippen molar-refractivity contribution in [3.8, 4) is 5.75 Å². The van der Waals surface area contributed by atoms with Gasteiger partial charge in [-0.25, -0.2) is 0 Å². The van der Waals surface area contributed by atoms with Gasteiger partial charge in [-0.15, -0.1) is 0 Å². The SMILES string of the molecule is COCCOC(=O)CC(=O)NCCNC(=O)CC(=O)OCCOc1ccc(C(=O)C(C)(C)O)cc1. The largest absolute Gasteiger partial charge is 0.490 e. The van der Waals surface area contributed by atoms with E-state index < -0.39 is 48.0 Å². The lowest BCUT2D eigenvalue weighted by molar-refractivity contribution is -0.149. The quantitative estimate of drug-likeness (QED) is 0.120. The van der Waals surface area contributed by atoms with Crippen molar-refractivity contribution in [2.75, 3.05) is 46.6 Å². The lowest BCUT2D eigenvalue weighted by atomic mass is 9.97. The van der Waals surface area contributed by atoms with E-state index in [9.17, 15) is 29.1 Å². The minimum Gasteiger partial charge on any atom is -0.490 e. The number of ether oxygens (including phenoxy) is 4. The van der Waals surface area contributed by atoms with Crippen molar-refractivity contribution in [3.05, 3.63) is 29.8 Å². The number of nitrogens with one attached hydrogen (secondary N) is 2. The number of ketones is 1. The van der Waals surface area contributed by atoms with Crippen LogP contribution in [0.3, 0.4) is 0 Å². The van der Waals surface area contributed by atoms with E-state index in [2.05, 4.69) is 10.6 Å². The molecule has 0 saturated heterocycles. The Bertz CT molecular complexity index is 862. The summed E-state index contributed by atoms with van der Waals surface area (Å²) in [5, 5.41) is 14.6. The maximum atomic E-state index is 12.0. The highest BCUT2D eigenvalue weighted by Crippen LogP contribution is 2.17. The molecule has 1 aromatic rings. The third-order valence-corrected chi connectivity index (χ3v) is 4.22. The number of carbonyl (C=O) groups is 5. The first-order valence-corrected chi connectivity index (χ1v) is 10.9. The molecule has 1 aromatic carbocycles. The zero-order valence-corrected chi connectivity index (χ0v) is 20.1. The fourth-order valence-electron chi connectivity index (χ4n) is 2.50. The molecule has 0 spiro atoms. The van der Waals surface area contributed by atoms with Crippen molar-refractivity contribution in [1.29, 1.82) is 0 Å². The number of benzene rings is 1. The first-order chi connectivity index (χ1) is 16.5. The van der Waals surface area contributed by atoms with Crippen LogP contribution in [0.2, 0.25) is 0 Å². The fraction of sp³-hybridized carbons (Fsp3) is 0.522. The van der Waals surface area contributed by atoms with Gasteiger partial charge in [0.25, 0.3) is 0 Å². The Morgan fingerprint density at radius 2 is 1.29 bits per heavy atom. The summed E-state index contributed by atoms with van der Waals surface area (Å²) >= 11 is 0. The van der Waals surface area contributed by atoms with Crippen LogP contribution in [-0.4, -0.2) is 86.9 Å². The fourth-order valence-corrected chi connectivity index (χ4v) is 2.50. The Morgan fingerprint density at radius 3 is 1.74 bits per heavy atom. The summed E-state index contributed by atoms with van der Waals surface area (Å²) in [6.07, 6.45) is -0.956. The monoisotopic (exact) mass is 496 g/mol. The Kier molecular flexibility index (Phi) is 13.0. The minimum absolute atomic E-state index is 0.0338. The summed E-state index contributed by atoms with van der Waals surface area (Å²) in [4.78, 5) is 58.4. The third kappa shape index (κ3) is 13.1. The van der Waals surface area contributed by atoms with Gasteiger partial charge < -0.3 is 34.7 Å². The van der Waals surface area contributed by atoms with Gasteiger partial charge in [-0.1, -0.05) is 0 Å². The third-order valence-electron chi connectivity index (χ3n) is 4.22. The van der Waals surface area contributed by atoms with Crippen molar-refractivity contribution in [2.24, 2.45) is 0 Å². The van der Waals surface area contributed by atoms with E-state index >= 15 is 0 Å². The highest BCUT2D eigenvalue weighted by molar-refractivity contribution is 6.01. The lowest BCUT2D eigenvalue weighted by Gasteiger charge is -2.15. The maximum Gasteiger partial charge on any atom is 0.315 e. The molecule has 0 aliphatic carbocycles. The van der Waals surface area contributed by atoms with Gasteiger partial charge in [0.1, 0.15) is 44.0 Å². The summed E-state index contributed by atoms with van der Waals surface area (Å²) in [6.45, 7) is 3.17. The first-order valence-electron chi connectivity index (χ1n) is 10.9. The molecule has 0 unspecified atom stereocenters. The Balaban J connectivity index is 2.15. The highest BCUT2D eigenvalue weighted by Gasteiger charge is 2.25. The average Bonchev–Trinajstić information content (AvgIpc) is 2.79. The van der Waals surface area contributed by atoms with Crippen LogP contribution < -0.4 is 15.4 Å². The molecule has 0 aliphatic rings. The van der Waals surface area contributed by atoms with Crippen LogP contribution in [-0.2, 0) is 33.4 Å². The molecule has 12 heteroatoms. The minimum atomic E-state index is -1.48. The lowest BCUT2D eigenvalue weighted by Crippen LogP contribution is -2.36. The number of esters is 2. The number of methoxy groups -OCH3 is 1. The number of hydrogen-bond donors (Lipinski definition) is 3. The number of hydrogen-bond acceptors (Lipinski definition) is 10. The van der Waals surface area contributed by atoms with Gasteiger partial charge in [0, 0.05) is 25.8 Å². The molecule has 0 radical (unpaired) electrons. The standard InChI is InChI=1S/C23H32N2O10/c1-23(2,31)22(30)16-4-6-17(7-5-16)33-12-13-35-21(29)15-19(27)25-9-8-24-18(26)14-20(28)34-11-10-32-3/h4-7,31H,8-15H2,1-3H3,(H,24,26)(H,25,27). The molecule has 0 atom stereocenters.